The Morgan fingerprint density at radius 2 is 1.86 bits per heavy atom. The average molecular weight is 602 g/mol. The summed E-state index contributed by atoms with van der Waals surface area (Å²) in [6, 6.07) is 19.8. The molecule has 2 fully saturated rings. The highest BCUT2D eigenvalue weighted by Gasteiger charge is 2.52. The number of hydrogen-bond acceptors (Lipinski definition) is 7. The van der Waals surface area contributed by atoms with Crippen LogP contribution in [0.25, 0.3) is 10.2 Å². The normalized spacial score (nSPS) is 18.7. The number of nitrogens with two attached hydrogens (primary N) is 1. The van der Waals surface area contributed by atoms with Crippen LogP contribution in [0.4, 0.5) is 14.3 Å². The lowest BCUT2D eigenvalue weighted by Crippen LogP contribution is -2.62. The van der Waals surface area contributed by atoms with Gasteiger partial charge in [0.1, 0.15) is 18.0 Å². The molecule has 4 aromatic rings. The van der Waals surface area contributed by atoms with E-state index in [4.69, 9.17) is 5.73 Å². The molecule has 1 aromatic heterocycles. The van der Waals surface area contributed by atoms with E-state index >= 15 is 0 Å². The lowest BCUT2D eigenvalue weighted by molar-refractivity contribution is -0.158. The maximum Gasteiger partial charge on any atom is 0.332 e. The first-order valence-electron chi connectivity index (χ1n) is 14.2. The van der Waals surface area contributed by atoms with Crippen molar-refractivity contribution in [1.29, 1.82) is 0 Å². The molecule has 0 saturated carbocycles. The summed E-state index contributed by atoms with van der Waals surface area (Å²) in [7, 11) is 0. The molecule has 0 unspecified atom stereocenters. The van der Waals surface area contributed by atoms with Crippen molar-refractivity contribution >= 4 is 44.5 Å². The Hall–Kier alpha value is -4.55. The Morgan fingerprint density at radius 1 is 1.09 bits per heavy atom. The molecule has 2 atom stereocenters. The molecule has 2 aliphatic rings. The van der Waals surface area contributed by atoms with Crippen LogP contribution < -0.4 is 11.1 Å². The number of benzene rings is 3. The lowest BCUT2D eigenvalue weighted by atomic mass is 10.00. The second kappa shape index (κ2) is 12.0. The number of fused-ring (bicyclic) bond motifs is 2. The average Bonchev–Trinajstić information content (AvgIpc) is 3.55. The molecule has 3 N–H and O–H groups in total. The first-order valence-corrected chi connectivity index (χ1v) is 15.0. The van der Waals surface area contributed by atoms with E-state index in [1.165, 1.54) is 23.5 Å². The van der Waals surface area contributed by atoms with E-state index in [0.717, 1.165) is 21.3 Å². The van der Waals surface area contributed by atoms with Crippen LogP contribution in [0.1, 0.15) is 36.1 Å². The maximum absolute atomic E-state index is 14.1. The van der Waals surface area contributed by atoms with Crippen LogP contribution in [-0.2, 0) is 22.7 Å². The number of rotatable bonds is 8. The van der Waals surface area contributed by atoms with Crippen molar-refractivity contribution in [2.75, 3.05) is 25.4 Å². The summed E-state index contributed by atoms with van der Waals surface area (Å²) >= 11 is 1.39. The van der Waals surface area contributed by atoms with Crippen LogP contribution >= 0.6 is 11.3 Å². The summed E-state index contributed by atoms with van der Waals surface area (Å²) in [5.74, 6) is -0.772. The minimum atomic E-state index is -0.845. The summed E-state index contributed by atoms with van der Waals surface area (Å²) in [6.07, 6.45) is 0.0811. The van der Waals surface area contributed by atoms with Gasteiger partial charge in [0.05, 0.1) is 23.3 Å². The zero-order valence-electron chi connectivity index (χ0n) is 23.6. The number of halogens is 1. The number of nitrogens with zero attached hydrogens (tertiary/aromatic N) is 5. The molecular formula is C31H32FN7O3S. The number of carbonyl (C=O) groups excluding carboxylic acids is 3. The standard InChI is InChI=1S/C31H32FN7O3S/c1-2-15-37(31(42)34-16-20-11-13-23(32)14-12-20)38-19-26(40)39-25(38)18-36(29(41)28(39)21-7-4-3-5-8-21)17-22-9-6-10-24-27(22)35-30(33)43-24/h3-14,25,28H,2,15-19H2,1H3,(H2,33,35)(H,34,42)/t25-,28+/m1/s1. The Kier molecular flexibility index (Phi) is 7.96. The molecular weight excluding hydrogens is 569 g/mol. The highest BCUT2D eigenvalue weighted by atomic mass is 32.1. The van der Waals surface area contributed by atoms with E-state index in [0.29, 0.717) is 23.7 Å². The topological polar surface area (TPSA) is 115 Å². The van der Waals surface area contributed by atoms with Crippen molar-refractivity contribution in [2.24, 2.45) is 0 Å². The van der Waals surface area contributed by atoms with Gasteiger partial charge in [0.15, 0.2) is 5.13 Å². The van der Waals surface area contributed by atoms with Gasteiger partial charge in [-0.15, -0.1) is 0 Å². The number of anilines is 1. The first-order chi connectivity index (χ1) is 20.8. The van der Waals surface area contributed by atoms with Crippen molar-refractivity contribution in [3.63, 3.8) is 0 Å². The largest absolute Gasteiger partial charge is 0.375 e. The van der Waals surface area contributed by atoms with Crippen LogP contribution in [0.5, 0.6) is 0 Å². The van der Waals surface area contributed by atoms with E-state index in [1.54, 1.807) is 32.0 Å². The number of carbonyl (C=O) groups is 3. The fourth-order valence-electron chi connectivity index (χ4n) is 5.83. The first kappa shape index (κ1) is 28.6. The molecule has 2 saturated heterocycles. The van der Waals surface area contributed by atoms with Gasteiger partial charge >= 0.3 is 6.03 Å². The number of piperazine rings is 1. The second-order valence-corrected chi connectivity index (χ2v) is 11.7. The molecule has 43 heavy (non-hydrogen) atoms. The molecule has 0 spiro atoms. The predicted octanol–water partition coefficient (Wildman–Crippen LogP) is 4.11. The summed E-state index contributed by atoms with van der Waals surface area (Å²) in [5.41, 5.74) is 9.06. The van der Waals surface area contributed by atoms with Crippen LogP contribution in [0.3, 0.4) is 0 Å². The van der Waals surface area contributed by atoms with Crippen molar-refractivity contribution in [1.82, 2.24) is 30.1 Å². The van der Waals surface area contributed by atoms with Gasteiger partial charge in [-0.05, 0) is 41.3 Å². The third kappa shape index (κ3) is 5.63. The van der Waals surface area contributed by atoms with Crippen LogP contribution in [0.2, 0.25) is 0 Å². The summed E-state index contributed by atoms with van der Waals surface area (Å²) in [6.45, 7) is 2.97. The highest BCUT2D eigenvalue weighted by molar-refractivity contribution is 7.22. The number of para-hydroxylation sites is 1. The number of nitrogen functional groups attached to an aromatic ring is 1. The smallest absolute Gasteiger partial charge is 0.332 e. The van der Waals surface area contributed by atoms with Gasteiger partial charge < -0.3 is 20.9 Å². The fourth-order valence-corrected chi connectivity index (χ4v) is 6.61. The summed E-state index contributed by atoms with van der Waals surface area (Å²) in [4.78, 5) is 49.2. The van der Waals surface area contributed by atoms with Gasteiger partial charge in [-0.25, -0.2) is 14.2 Å². The maximum atomic E-state index is 14.1. The van der Waals surface area contributed by atoms with Crippen LogP contribution in [-0.4, -0.2) is 68.4 Å². The fraction of sp³-hybridized carbons (Fsp3) is 0.290. The van der Waals surface area contributed by atoms with E-state index in [1.807, 2.05) is 55.5 Å². The third-order valence-corrected chi connectivity index (χ3v) is 8.64. The quantitative estimate of drug-likeness (QED) is 0.314. The second-order valence-electron chi connectivity index (χ2n) is 10.6. The number of urea groups is 1. The number of amides is 4. The minimum Gasteiger partial charge on any atom is -0.375 e. The van der Waals surface area contributed by atoms with Gasteiger partial charge in [-0.2, -0.15) is 5.01 Å². The number of nitrogens with one attached hydrogen (secondary N) is 1. The van der Waals surface area contributed by atoms with Crippen molar-refractivity contribution in [3.8, 4) is 0 Å². The third-order valence-electron chi connectivity index (χ3n) is 7.79. The van der Waals surface area contributed by atoms with Gasteiger partial charge in [0, 0.05) is 19.6 Å². The summed E-state index contributed by atoms with van der Waals surface area (Å²) in [5, 5.41) is 6.69. The molecule has 0 aliphatic carbocycles. The number of hydrazine groups is 1. The predicted molar refractivity (Wildman–Crippen MR) is 162 cm³/mol. The highest BCUT2D eigenvalue weighted by Crippen LogP contribution is 2.37. The molecule has 6 rings (SSSR count). The van der Waals surface area contributed by atoms with E-state index in [-0.39, 0.29) is 49.8 Å². The Bertz CT molecular complexity index is 1650. The molecule has 10 nitrogen and oxygen atoms in total. The number of aromatic nitrogens is 1. The van der Waals surface area contributed by atoms with Gasteiger partial charge in [-0.3, -0.25) is 14.6 Å². The van der Waals surface area contributed by atoms with Crippen molar-refractivity contribution in [2.45, 2.75) is 38.6 Å². The zero-order valence-corrected chi connectivity index (χ0v) is 24.5. The van der Waals surface area contributed by atoms with Crippen molar-refractivity contribution < 1.29 is 18.8 Å². The molecule has 222 valence electrons. The van der Waals surface area contributed by atoms with Crippen molar-refractivity contribution in [3.05, 3.63) is 95.3 Å². The zero-order chi connectivity index (χ0) is 30.1. The monoisotopic (exact) mass is 601 g/mol. The summed E-state index contributed by atoms with van der Waals surface area (Å²) < 4.78 is 14.3. The van der Waals surface area contributed by atoms with Crippen LogP contribution in [0.15, 0.2) is 72.8 Å². The van der Waals surface area contributed by atoms with Gasteiger partial charge in [0.2, 0.25) is 5.91 Å². The van der Waals surface area contributed by atoms with Crippen LogP contribution in [0, 0.1) is 5.82 Å². The Balaban J connectivity index is 1.32. The SMILES string of the molecule is CCCN(C(=O)NCc1ccc(F)cc1)N1CC(=O)N2[C@@H](c3ccccc3)C(=O)N(Cc3cccc4sc(N)nc34)C[C@@H]21. The lowest BCUT2D eigenvalue weighted by Gasteiger charge is -2.46. The Morgan fingerprint density at radius 3 is 2.60 bits per heavy atom. The molecule has 0 bridgehead atoms. The minimum absolute atomic E-state index is 0.0444. The molecule has 2 aliphatic heterocycles. The molecule has 0 radical (unpaired) electrons. The van der Waals surface area contributed by atoms with Gasteiger partial charge in [0.25, 0.3) is 5.91 Å². The number of hydrogen-bond donors (Lipinski definition) is 2. The number of thiazole rings is 1. The van der Waals surface area contributed by atoms with E-state index < -0.39 is 12.2 Å². The van der Waals surface area contributed by atoms with Gasteiger partial charge in [-0.1, -0.05) is 72.9 Å². The van der Waals surface area contributed by atoms with E-state index in [2.05, 4.69) is 10.3 Å². The molecule has 3 aromatic carbocycles. The molecule has 4 amide bonds. The molecule has 3 heterocycles. The van der Waals surface area contributed by atoms with E-state index in [9.17, 15) is 18.8 Å². The molecule has 12 heteroatoms. The Labute approximate surface area is 252 Å².